The number of ether oxygens (including phenoxy) is 1. The Kier molecular flexibility index (Phi) is 3.46. The van der Waals surface area contributed by atoms with E-state index in [0.717, 1.165) is 37.2 Å². The molecule has 0 bridgehead atoms. The van der Waals surface area contributed by atoms with Gasteiger partial charge in [0.2, 0.25) is 0 Å². The molecule has 19 heavy (non-hydrogen) atoms. The van der Waals surface area contributed by atoms with Crippen molar-refractivity contribution in [3.05, 3.63) is 29.6 Å². The molecule has 3 rings (SSSR count). The van der Waals surface area contributed by atoms with Crippen LogP contribution in [-0.2, 0) is 17.6 Å². The van der Waals surface area contributed by atoms with Crippen LogP contribution in [0.2, 0.25) is 0 Å². The predicted octanol–water partition coefficient (Wildman–Crippen LogP) is 2.28. The third-order valence-electron chi connectivity index (χ3n) is 3.28. The highest BCUT2D eigenvalue weighted by Gasteiger charge is 2.14. The molecular weight excluding hydrogens is 242 g/mol. The van der Waals surface area contributed by atoms with E-state index < -0.39 is 0 Å². The molecule has 1 aliphatic heterocycles. The monoisotopic (exact) mass is 259 g/mol. The van der Waals surface area contributed by atoms with Gasteiger partial charge in [0.1, 0.15) is 0 Å². The van der Waals surface area contributed by atoms with Gasteiger partial charge in [0.15, 0.2) is 5.82 Å². The van der Waals surface area contributed by atoms with Gasteiger partial charge in [-0.1, -0.05) is 11.2 Å². The smallest absolute Gasteiger partial charge is 0.257 e. The van der Waals surface area contributed by atoms with Gasteiger partial charge in [0.25, 0.3) is 5.89 Å². The number of hydrogen-bond donors (Lipinski definition) is 1. The summed E-state index contributed by atoms with van der Waals surface area (Å²) in [5, 5.41) is 7.35. The first-order valence-corrected chi connectivity index (χ1v) is 6.55. The second-order valence-corrected chi connectivity index (χ2v) is 4.66. The van der Waals surface area contributed by atoms with E-state index in [-0.39, 0.29) is 0 Å². The van der Waals surface area contributed by atoms with Crippen LogP contribution in [0.4, 0.5) is 5.69 Å². The Morgan fingerprint density at radius 2 is 2.37 bits per heavy atom. The fourth-order valence-electron chi connectivity index (χ4n) is 2.27. The zero-order chi connectivity index (χ0) is 13.1. The molecular formula is C14H17N3O2. The largest absolute Gasteiger partial charge is 0.385 e. The minimum absolute atomic E-state index is 0.587. The van der Waals surface area contributed by atoms with Gasteiger partial charge in [-0.25, -0.2) is 0 Å². The number of hydrogen-bond acceptors (Lipinski definition) is 5. The lowest BCUT2D eigenvalue weighted by atomic mass is 10.1. The van der Waals surface area contributed by atoms with Crippen LogP contribution in [0.3, 0.4) is 0 Å². The Morgan fingerprint density at radius 1 is 1.42 bits per heavy atom. The molecule has 5 nitrogen and oxygen atoms in total. The summed E-state index contributed by atoms with van der Waals surface area (Å²) < 4.78 is 10.3. The van der Waals surface area contributed by atoms with Gasteiger partial charge in [-0.3, -0.25) is 0 Å². The van der Waals surface area contributed by atoms with Crippen LogP contribution < -0.4 is 5.32 Å². The summed E-state index contributed by atoms with van der Waals surface area (Å²) >= 11 is 0. The van der Waals surface area contributed by atoms with Crippen molar-refractivity contribution in [2.45, 2.75) is 19.3 Å². The number of benzene rings is 1. The minimum atomic E-state index is 0.587. The molecule has 0 aliphatic carbocycles. The van der Waals surface area contributed by atoms with Gasteiger partial charge in [0, 0.05) is 37.9 Å². The predicted molar refractivity (Wildman–Crippen MR) is 72.1 cm³/mol. The second-order valence-electron chi connectivity index (χ2n) is 4.66. The molecule has 1 N–H and O–H groups in total. The van der Waals surface area contributed by atoms with Gasteiger partial charge in [-0.05, 0) is 30.5 Å². The van der Waals surface area contributed by atoms with E-state index in [2.05, 4.69) is 27.6 Å². The van der Waals surface area contributed by atoms with E-state index in [0.29, 0.717) is 12.5 Å². The van der Waals surface area contributed by atoms with Crippen molar-refractivity contribution < 1.29 is 9.26 Å². The highest BCUT2D eigenvalue weighted by atomic mass is 16.5. The number of aryl methyl sites for hydroxylation is 1. The summed E-state index contributed by atoms with van der Waals surface area (Å²) in [4.78, 5) is 4.42. The lowest BCUT2D eigenvalue weighted by Crippen LogP contribution is -1.94. The Bertz CT molecular complexity index is 566. The normalized spacial score (nSPS) is 13.3. The molecule has 2 aromatic rings. The van der Waals surface area contributed by atoms with Gasteiger partial charge >= 0.3 is 0 Å². The molecule has 0 atom stereocenters. The Balaban J connectivity index is 1.75. The maximum absolute atomic E-state index is 5.31. The summed E-state index contributed by atoms with van der Waals surface area (Å²) in [6.07, 6.45) is 2.77. The number of fused-ring (bicyclic) bond motifs is 1. The van der Waals surface area contributed by atoms with Crippen molar-refractivity contribution in [3.8, 4) is 11.5 Å². The Morgan fingerprint density at radius 3 is 3.26 bits per heavy atom. The Labute approximate surface area is 112 Å². The van der Waals surface area contributed by atoms with Gasteiger partial charge in [-0.15, -0.1) is 0 Å². The topological polar surface area (TPSA) is 60.2 Å². The molecule has 2 heterocycles. The van der Waals surface area contributed by atoms with E-state index in [9.17, 15) is 0 Å². The number of anilines is 1. The van der Waals surface area contributed by atoms with Crippen LogP contribution in [-0.4, -0.2) is 30.4 Å². The van der Waals surface area contributed by atoms with E-state index in [1.807, 2.05) is 6.07 Å². The molecule has 0 spiro atoms. The third kappa shape index (κ3) is 2.61. The number of methoxy groups -OCH3 is 1. The minimum Gasteiger partial charge on any atom is -0.385 e. The van der Waals surface area contributed by atoms with Gasteiger partial charge in [0.05, 0.1) is 0 Å². The standard InChI is InChI=1S/C14H17N3O2/c1-18-8-2-3-13-16-14(19-17-13)11-5-4-10-6-7-15-12(10)9-11/h4-5,9,15H,2-3,6-8H2,1H3. The van der Waals surface area contributed by atoms with Crippen LogP contribution in [0, 0.1) is 0 Å². The molecule has 0 amide bonds. The number of nitrogens with one attached hydrogen (secondary N) is 1. The van der Waals surface area contributed by atoms with Crippen LogP contribution >= 0.6 is 0 Å². The molecule has 0 unspecified atom stereocenters. The highest BCUT2D eigenvalue weighted by molar-refractivity contribution is 5.66. The summed E-state index contributed by atoms with van der Waals surface area (Å²) in [7, 11) is 1.69. The summed E-state index contributed by atoms with van der Waals surface area (Å²) in [5.41, 5.74) is 3.50. The van der Waals surface area contributed by atoms with E-state index in [4.69, 9.17) is 9.26 Å². The summed E-state index contributed by atoms with van der Waals surface area (Å²) in [6, 6.07) is 6.24. The molecule has 100 valence electrons. The molecule has 1 aliphatic rings. The van der Waals surface area contributed by atoms with Gasteiger partial charge < -0.3 is 14.6 Å². The molecule has 1 aromatic heterocycles. The van der Waals surface area contributed by atoms with Crippen molar-refractivity contribution in [1.29, 1.82) is 0 Å². The van der Waals surface area contributed by atoms with Gasteiger partial charge in [-0.2, -0.15) is 4.98 Å². The average Bonchev–Trinajstić information content (AvgIpc) is 3.06. The quantitative estimate of drug-likeness (QED) is 0.835. The second kappa shape index (κ2) is 5.40. The first kappa shape index (κ1) is 12.2. The maximum Gasteiger partial charge on any atom is 0.257 e. The molecule has 0 saturated heterocycles. The molecule has 5 heteroatoms. The first-order valence-electron chi connectivity index (χ1n) is 6.55. The van der Waals surface area contributed by atoms with Crippen molar-refractivity contribution in [2.24, 2.45) is 0 Å². The maximum atomic E-state index is 5.31. The molecule has 0 saturated carbocycles. The zero-order valence-electron chi connectivity index (χ0n) is 11.0. The van der Waals surface area contributed by atoms with E-state index in [1.165, 1.54) is 11.3 Å². The summed E-state index contributed by atoms with van der Waals surface area (Å²) in [6.45, 7) is 1.72. The number of rotatable bonds is 5. The molecule has 0 fully saturated rings. The zero-order valence-corrected chi connectivity index (χ0v) is 11.0. The number of nitrogens with zero attached hydrogens (tertiary/aromatic N) is 2. The van der Waals surface area contributed by atoms with E-state index >= 15 is 0 Å². The third-order valence-corrected chi connectivity index (χ3v) is 3.28. The van der Waals surface area contributed by atoms with Crippen molar-refractivity contribution in [3.63, 3.8) is 0 Å². The Hall–Kier alpha value is -1.88. The van der Waals surface area contributed by atoms with Crippen molar-refractivity contribution >= 4 is 5.69 Å². The highest BCUT2D eigenvalue weighted by Crippen LogP contribution is 2.28. The van der Waals surface area contributed by atoms with Crippen LogP contribution in [0.15, 0.2) is 22.7 Å². The first-order chi connectivity index (χ1) is 9.36. The average molecular weight is 259 g/mol. The van der Waals surface area contributed by atoms with Crippen LogP contribution in [0.25, 0.3) is 11.5 Å². The number of aromatic nitrogens is 2. The molecule has 1 aromatic carbocycles. The fraction of sp³-hybridized carbons (Fsp3) is 0.429. The summed E-state index contributed by atoms with van der Waals surface area (Å²) in [5.74, 6) is 1.32. The van der Waals surface area contributed by atoms with E-state index in [1.54, 1.807) is 7.11 Å². The van der Waals surface area contributed by atoms with Crippen molar-refractivity contribution in [2.75, 3.05) is 25.6 Å². The SMILES string of the molecule is COCCCc1noc(-c2ccc3c(c2)NCC3)n1. The van der Waals surface area contributed by atoms with Crippen LogP contribution in [0.5, 0.6) is 0 Å². The molecule has 0 radical (unpaired) electrons. The van der Waals surface area contributed by atoms with Crippen LogP contribution in [0.1, 0.15) is 17.8 Å². The lowest BCUT2D eigenvalue weighted by molar-refractivity contribution is 0.194. The lowest BCUT2D eigenvalue weighted by Gasteiger charge is -2.00. The van der Waals surface area contributed by atoms with Crippen molar-refractivity contribution in [1.82, 2.24) is 10.1 Å². The fourth-order valence-corrected chi connectivity index (χ4v) is 2.27.